The lowest BCUT2D eigenvalue weighted by molar-refractivity contribution is -0.142. The highest BCUT2D eigenvalue weighted by Crippen LogP contribution is 2.09. The van der Waals surface area contributed by atoms with Crippen LogP contribution in [-0.4, -0.2) is 76.5 Å². The number of carboxylic acids is 2. The molecule has 0 bridgehead atoms. The minimum atomic E-state index is -1.35. The second kappa shape index (κ2) is 15.5. The summed E-state index contributed by atoms with van der Waals surface area (Å²) < 4.78 is 0. The molecular weight excluding hydrogens is 462 g/mol. The van der Waals surface area contributed by atoms with Crippen LogP contribution in [0.1, 0.15) is 53.4 Å². The summed E-state index contributed by atoms with van der Waals surface area (Å²) in [6.45, 7) is 7.15. The molecule has 3 amide bonds. The maximum Gasteiger partial charge on any atom is 0.326 e. The molecule has 0 aliphatic carbocycles. The molecule has 0 saturated heterocycles. The van der Waals surface area contributed by atoms with E-state index < -0.39 is 66.2 Å². The molecule has 35 heavy (non-hydrogen) atoms. The molecule has 0 aliphatic heterocycles. The molecule has 0 aromatic heterocycles. The molecule has 0 aliphatic rings. The van der Waals surface area contributed by atoms with Gasteiger partial charge in [0.05, 0.1) is 12.5 Å². The molecule has 0 saturated carbocycles. The highest BCUT2D eigenvalue weighted by atomic mass is 16.4. The van der Waals surface area contributed by atoms with Crippen molar-refractivity contribution in [2.75, 3.05) is 6.54 Å². The zero-order valence-electron chi connectivity index (χ0n) is 20.6. The van der Waals surface area contributed by atoms with Gasteiger partial charge in [0.2, 0.25) is 17.7 Å². The number of guanidine groups is 1. The van der Waals surface area contributed by atoms with Crippen LogP contribution in [0.15, 0.2) is 4.99 Å². The van der Waals surface area contributed by atoms with Crippen molar-refractivity contribution in [2.45, 2.75) is 77.5 Å². The first-order chi connectivity index (χ1) is 16.1. The van der Waals surface area contributed by atoms with E-state index >= 15 is 0 Å². The average molecular weight is 502 g/mol. The normalized spacial score (nSPS) is 14.4. The number of aliphatic imine (C=N–C) groups is 1. The number of hydrogen-bond donors (Lipinski definition) is 8. The van der Waals surface area contributed by atoms with Gasteiger partial charge in [-0.3, -0.25) is 24.2 Å². The van der Waals surface area contributed by atoms with Gasteiger partial charge in [-0.2, -0.15) is 0 Å². The highest BCUT2D eigenvalue weighted by molar-refractivity contribution is 5.94. The third kappa shape index (κ3) is 13.2. The first kappa shape index (κ1) is 31.6. The van der Waals surface area contributed by atoms with Crippen LogP contribution >= 0.6 is 0 Å². The summed E-state index contributed by atoms with van der Waals surface area (Å²) >= 11 is 0. The minimum absolute atomic E-state index is 0.0327. The van der Waals surface area contributed by atoms with E-state index in [1.54, 1.807) is 13.8 Å². The number of carbonyl (C=O) groups is 5. The summed E-state index contributed by atoms with van der Waals surface area (Å²) in [6, 6.07) is -4.75. The lowest BCUT2D eigenvalue weighted by Gasteiger charge is -2.27. The smallest absolute Gasteiger partial charge is 0.326 e. The fraction of sp³-hybridized carbons (Fsp3) is 0.714. The first-order valence-electron chi connectivity index (χ1n) is 11.3. The molecule has 0 spiro atoms. The molecule has 0 rings (SSSR count). The molecule has 0 heterocycles. The van der Waals surface area contributed by atoms with E-state index in [2.05, 4.69) is 20.9 Å². The summed E-state index contributed by atoms with van der Waals surface area (Å²) in [5.41, 5.74) is 16.0. The summed E-state index contributed by atoms with van der Waals surface area (Å²) in [5, 5.41) is 25.7. The molecular formula is C21H39N7O7. The van der Waals surface area contributed by atoms with Gasteiger partial charge < -0.3 is 43.4 Å². The van der Waals surface area contributed by atoms with Crippen molar-refractivity contribution in [3.63, 3.8) is 0 Å². The van der Waals surface area contributed by atoms with E-state index in [1.165, 1.54) is 0 Å². The second-order valence-corrected chi connectivity index (χ2v) is 8.97. The van der Waals surface area contributed by atoms with Gasteiger partial charge in [0.1, 0.15) is 18.1 Å². The van der Waals surface area contributed by atoms with Crippen LogP contribution in [-0.2, 0) is 24.0 Å². The zero-order chi connectivity index (χ0) is 27.3. The Morgan fingerprint density at radius 3 is 1.89 bits per heavy atom. The van der Waals surface area contributed by atoms with Gasteiger partial charge in [-0.05, 0) is 31.1 Å². The monoisotopic (exact) mass is 501 g/mol. The van der Waals surface area contributed by atoms with Gasteiger partial charge in [-0.25, -0.2) is 4.79 Å². The summed E-state index contributed by atoms with van der Waals surface area (Å²) in [5.74, 6) is -5.30. The maximum absolute atomic E-state index is 13.0. The molecule has 4 atom stereocenters. The van der Waals surface area contributed by atoms with Crippen molar-refractivity contribution < 1.29 is 34.2 Å². The van der Waals surface area contributed by atoms with Gasteiger partial charge in [-0.1, -0.05) is 27.7 Å². The third-order valence-electron chi connectivity index (χ3n) is 4.88. The van der Waals surface area contributed by atoms with Crippen LogP contribution in [0, 0.1) is 11.8 Å². The Labute approximate surface area is 204 Å². The molecule has 11 N–H and O–H groups in total. The van der Waals surface area contributed by atoms with Crippen LogP contribution in [0.25, 0.3) is 0 Å². The largest absolute Gasteiger partial charge is 0.481 e. The Balaban J connectivity index is 5.38. The van der Waals surface area contributed by atoms with Crippen molar-refractivity contribution in [1.29, 1.82) is 0 Å². The summed E-state index contributed by atoms with van der Waals surface area (Å²) in [4.78, 5) is 64.2. The van der Waals surface area contributed by atoms with Gasteiger partial charge in [0, 0.05) is 6.54 Å². The molecule has 0 aromatic rings. The number of rotatable bonds is 16. The van der Waals surface area contributed by atoms with E-state index in [4.69, 9.17) is 22.3 Å². The van der Waals surface area contributed by atoms with Crippen molar-refractivity contribution in [3.05, 3.63) is 0 Å². The Morgan fingerprint density at radius 2 is 1.43 bits per heavy atom. The Hall–Kier alpha value is -3.42. The lowest BCUT2D eigenvalue weighted by Crippen LogP contribution is -2.58. The fourth-order valence-electron chi connectivity index (χ4n) is 3.07. The molecule has 4 unspecified atom stereocenters. The van der Waals surface area contributed by atoms with E-state index in [0.717, 1.165) is 0 Å². The summed E-state index contributed by atoms with van der Waals surface area (Å²) in [6.07, 6.45) is -0.0535. The quantitative estimate of drug-likeness (QED) is 0.0661. The molecule has 14 heteroatoms. The highest BCUT2D eigenvalue weighted by Gasteiger charge is 2.32. The zero-order valence-corrected chi connectivity index (χ0v) is 20.6. The Bertz CT molecular complexity index is 782. The molecule has 14 nitrogen and oxygen atoms in total. The van der Waals surface area contributed by atoms with Crippen LogP contribution in [0.2, 0.25) is 0 Å². The van der Waals surface area contributed by atoms with Gasteiger partial charge in [-0.15, -0.1) is 0 Å². The van der Waals surface area contributed by atoms with Gasteiger partial charge in [0.25, 0.3) is 0 Å². The van der Waals surface area contributed by atoms with Crippen molar-refractivity contribution in [1.82, 2.24) is 16.0 Å². The predicted molar refractivity (Wildman–Crippen MR) is 128 cm³/mol. The average Bonchev–Trinajstić information content (AvgIpc) is 2.71. The van der Waals surface area contributed by atoms with Gasteiger partial charge in [0.15, 0.2) is 5.96 Å². The number of nitrogens with one attached hydrogen (secondary N) is 3. The van der Waals surface area contributed by atoms with E-state index in [-0.39, 0.29) is 31.3 Å². The Morgan fingerprint density at radius 1 is 0.857 bits per heavy atom. The molecule has 200 valence electrons. The number of carbonyl (C=O) groups excluding carboxylic acids is 3. The van der Waals surface area contributed by atoms with E-state index in [1.807, 2.05) is 13.8 Å². The van der Waals surface area contributed by atoms with Crippen molar-refractivity contribution in [3.8, 4) is 0 Å². The van der Waals surface area contributed by atoms with Crippen LogP contribution in [0.5, 0.6) is 0 Å². The number of carboxylic acid groups (broad SMARTS) is 2. The maximum atomic E-state index is 13.0. The molecule has 0 aromatic carbocycles. The van der Waals surface area contributed by atoms with Crippen LogP contribution < -0.4 is 33.2 Å². The molecule has 0 radical (unpaired) electrons. The minimum Gasteiger partial charge on any atom is -0.481 e. The van der Waals surface area contributed by atoms with Crippen molar-refractivity contribution in [2.24, 2.45) is 34.0 Å². The predicted octanol–water partition coefficient (Wildman–Crippen LogP) is -1.92. The standard InChI is InChI=1S/C21H39N7O7/c1-10(2)8-14(27-17(31)12(22)9-15(29)30)18(32)28-16(11(3)4)19(33)26-13(20(34)35)6-5-7-25-21(23)24/h10-14,16H,5-9,22H2,1-4H3,(H,26,33)(H,27,31)(H,28,32)(H,29,30)(H,34,35)(H4,23,24,25). The van der Waals surface area contributed by atoms with E-state index in [0.29, 0.717) is 6.42 Å². The number of hydrogen-bond acceptors (Lipinski definition) is 7. The SMILES string of the molecule is CC(C)CC(NC(=O)C(N)CC(=O)O)C(=O)NC(C(=O)NC(CCCN=C(N)N)C(=O)O)C(C)C. The first-order valence-corrected chi connectivity index (χ1v) is 11.3. The van der Waals surface area contributed by atoms with Gasteiger partial charge >= 0.3 is 11.9 Å². The van der Waals surface area contributed by atoms with Crippen LogP contribution in [0.3, 0.4) is 0 Å². The number of amides is 3. The molecule has 0 fully saturated rings. The Kier molecular flexibility index (Phi) is 14.0. The number of aliphatic carboxylic acids is 2. The second-order valence-electron chi connectivity index (χ2n) is 8.97. The fourth-order valence-corrected chi connectivity index (χ4v) is 3.07. The van der Waals surface area contributed by atoms with E-state index in [9.17, 15) is 29.1 Å². The third-order valence-corrected chi connectivity index (χ3v) is 4.88. The number of nitrogens with zero attached hydrogens (tertiary/aromatic N) is 1. The van der Waals surface area contributed by atoms with Crippen LogP contribution in [0.4, 0.5) is 0 Å². The number of nitrogens with two attached hydrogens (primary N) is 3. The van der Waals surface area contributed by atoms with Crippen molar-refractivity contribution >= 4 is 35.6 Å². The lowest BCUT2D eigenvalue weighted by atomic mass is 9.99. The summed E-state index contributed by atoms with van der Waals surface area (Å²) in [7, 11) is 0. The topological polar surface area (TPSA) is 252 Å².